The molecule has 6 rings (SSSR count). The second-order valence-electron chi connectivity index (χ2n) is 10.6. The van der Waals surface area contributed by atoms with Gasteiger partial charge in [0, 0.05) is 49.7 Å². The molecular formula is C29H33ClFN9. The lowest BCUT2D eigenvalue weighted by Crippen LogP contribution is -2.45. The van der Waals surface area contributed by atoms with E-state index >= 15 is 4.39 Å². The van der Waals surface area contributed by atoms with Crippen molar-refractivity contribution in [1.29, 1.82) is 0 Å². The number of nitrogens with zero attached hydrogens (tertiary/aromatic N) is 7. The van der Waals surface area contributed by atoms with Crippen LogP contribution >= 0.6 is 11.6 Å². The number of likely N-dealkylation sites (N-methyl/N-ethyl adjacent to an activating group) is 1. The van der Waals surface area contributed by atoms with Crippen molar-refractivity contribution in [2.45, 2.75) is 40.3 Å². The van der Waals surface area contributed by atoms with E-state index in [2.05, 4.69) is 48.3 Å². The van der Waals surface area contributed by atoms with E-state index in [1.165, 1.54) is 17.8 Å². The van der Waals surface area contributed by atoms with Gasteiger partial charge >= 0.3 is 0 Å². The number of piperazine rings is 1. The van der Waals surface area contributed by atoms with E-state index in [1.54, 1.807) is 0 Å². The number of aryl methyl sites for hydroxylation is 1. The van der Waals surface area contributed by atoms with Crippen LogP contribution in [0.4, 0.5) is 16.0 Å². The first-order chi connectivity index (χ1) is 19.3. The van der Waals surface area contributed by atoms with Crippen LogP contribution in [0, 0.1) is 12.7 Å². The SMILES string of the molecule is CCN1CCN(Cc2ccc(Nc3ncc(Cl)c(-c4cc(F)c5nc(C)n(C(C)C)c5c4)n3)c3[nH]ncc23)CC1. The van der Waals surface area contributed by atoms with Crippen molar-refractivity contribution in [2.24, 2.45) is 0 Å². The molecule has 0 atom stereocenters. The van der Waals surface area contributed by atoms with Gasteiger partial charge in [-0.25, -0.2) is 19.3 Å². The Morgan fingerprint density at radius 1 is 1.07 bits per heavy atom. The molecule has 3 aromatic heterocycles. The number of aromatic nitrogens is 6. The van der Waals surface area contributed by atoms with Gasteiger partial charge in [0.05, 0.1) is 39.8 Å². The Morgan fingerprint density at radius 2 is 1.85 bits per heavy atom. The van der Waals surface area contributed by atoms with Gasteiger partial charge in [-0.3, -0.25) is 10.00 Å². The molecule has 0 spiro atoms. The maximum absolute atomic E-state index is 15.2. The van der Waals surface area contributed by atoms with Crippen molar-refractivity contribution >= 4 is 45.2 Å². The zero-order valence-electron chi connectivity index (χ0n) is 23.2. The molecule has 0 bridgehead atoms. The Bertz CT molecular complexity index is 1680. The molecule has 5 aromatic rings. The first-order valence-corrected chi connectivity index (χ1v) is 14.1. The molecule has 0 amide bonds. The minimum Gasteiger partial charge on any atom is -0.326 e. The van der Waals surface area contributed by atoms with Gasteiger partial charge in [-0.1, -0.05) is 24.6 Å². The van der Waals surface area contributed by atoms with E-state index in [9.17, 15) is 0 Å². The third-order valence-corrected chi connectivity index (χ3v) is 7.99. The predicted molar refractivity (Wildman–Crippen MR) is 158 cm³/mol. The van der Waals surface area contributed by atoms with Crippen LogP contribution in [0.1, 0.15) is 38.2 Å². The topological polar surface area (TPSA) is 90.8 Å². The zero-order chi connectivity index (χ0) is 28.0. The van der Waals surface area contributed by atoms with Gasteiger partial charge < -0.3 is 14.8 Å². The van der Waals surface area contributed by atoms with Crippen LogP contribution in [0.5, 0.6) is 0 Å². The van der Waals surface area contributed by atoms with E-state index in [0.29, 0.717) is 33.3 Å². The number of hydrogen-bond donors (Lipinski definition) is 2. The average molecular weight is 562 g/mol. The normalized spacial score (nSPS) is 15.1. The van der Waals surface area contributed by atoms with Crippen LogP contribution in [0.2, 0.25) is 5.02 Å². The molecule has 1 aliphatic rings. The van der Waals surface area contributed by atoms with Crippen molar-refractivity contribution in [3.8, 4) is 11.3 Å². The molecule has 0 radical (unpaired) electrons. The van der Waals surface area contributed by atoms with Crippen molar-refractivity contribution < 1.29 is 4.39 Å². The van der Waals surface area contributed by atoms with Gasteiger partial charge in [-0.2, -0.15) is 5.10 Å². The largest absolute Gasteiger partial charge is 0.326 e. The lowest BCUT2D eigenvalue weighted by Gasteiger charge is -2.34. The van der Waals surface area contributed by atoms with E-state index in [1.807, 2.05) is 43.7 Å². The van der Waals surface area contributed by atoms with Crippen molar-refractivity contribution in [1.82, 2.24) is 39.5 Å². The lowest BCUT2D eigenvalue weighted by atomic mass is 10.1. The molecule has 11 heteroatoms. The van der Waals surface area contributed by atoms with Gasteiger partial charge in [0.15, 0.2) is 5.82 Å². The molecule has 0 saturated carbocycles. The van der Waals surface area contributed by atoms with Crippen molar-refractivity contribution in [3.05, 3.63) is 58.9 Å². The number of anilines is 2. The minimum atomic E-state index is -0.412. The van der Waals surface area contributed by atoms with Gasteiger partial charge in [0.25, 0.3) is 0 Å². The second-order valence-corrected chi connectivity index (χ2v) is 11.0. The summed E-state index contributed by atoms with van der Waals surface area (Å²) in [5, 5.41) is 12.2. The molecule has 1 aliphatic heterocycles. The summed E-state index contributed by atoms with van der Waals surface area (Å²) >= 11 is 6.53. The monoisotopic (exact) mass is 561 g/mol. The third kappa shape index (κ3) is 4.91. The Kier molecular flexibility index (Phi) is 7.16. The Labute approximate surface area is 237 Å². The van der Waals surface area contributed by atoms with Crippen LogP contribution in [0.25, 0.3) is 33.2 Å². The quantitative estimate of drug-likeness (QED) is 0.254. The highest BCUT2D eigenvalue weighted by Crippen LogP contribution is 2.33. The second kappa shape index (κ2) is 10.8. The number of hydrogen-bond acceptors (Lipinski definition) is 7. The molecule has 2 aromatic carbocycles. The Hall–Kier alpha value is -3.60. The summed E-state index contributed by atoms with van der Waals surface area (Å²) in [5.41, 5.74) is 4.96. The summed E-state index contributed by atoms with van der Waals surface area (Å²) in [6.07, 6.45) is 3.40. The number of rotatable bonds is 7. The number of halogens is 2. The molecule has 208 valence electrons. The Morgan fingerprint density at radius 3 is 2.60 bits per heavy atom. The number of aromatic amines is 1. The highest BCUT2D eigenvalue weighted by Gasteiger charge is 2.20. The van der Waals surface area contributed by atoms with Crippen LogP contribution in [-0.4, -0.2) is 72.2 Å². The van der Waals surface area contributed by atoms with Crippen molar-refractivity contribution in [3.63, 3.8) is 0 Å². The van der Waals surface area contributed by atoms with Crippen molar-refractivity contribution in [2.75, 3.05) is 38.0 Å². The number of imidazole rings is 1. The summed E-state index contributed by atoms with van der Waals surface area (Å²) in [5.74, 6) is 0.699. The summed E-state index contributed by atoms with van der Waals surface area (Å²) < 4.78 is 17.2. The average Bonchev–Trinajstić information content (AvgIpc) is 3.57. The van der Waals surface area contributed by atoms with Gasteiger partial charge in [-0.15, -0.1) is 0 Å². The minimum absolute atomic E-state index is 0.124. The van der Waals surface area contributed by atoms with E-state index in [4.69, 9.17) is 16.6 Å². The van der Waals surface area contributed by atoms with E-state index in [0.717, 1.165) is 61.7 Å². The summed E-state index contributed by atoms with van der Waals surface area (Å²) in [6, 6.07) is 7.59. The fourth-order valence-electron chi connectivity index (χ4n) is 5.65. The zero-order valence-corrected chi connectivity index (χ0v) is 23.9. The summed E-state index contributed by atoms with van der Waals surface area (Å²) in [6.45, 7) is 14.5. The first kappa shape index (κ1) is 26.6. The lowest BCUT2D eigenvalue weighted by molar-refractivity contribution is 0.132. The molecule has 1 fully saturated rings. The molecule has 0 unspecified atom stereocenters. The van der Waals surface area contributed by atoms with Crippen LogP contribution in [0.15, 0.2) is 36.7 Å². The van der Waals surface area contributed by atoms with Crippen LogP contribution in [0.3, 0.4) is 0 Å². The van der Waals surface area contributed by atoms with Gasteiger partial charge in [-0.05, 0) is 51.1 Å². The molecule has 1 saturated heterocycles. The standard InChI is InChI=1S/C29H33ClFN9/c1-5-38-8-10-39(11-9-38)16-19-6-7-24(27-21(19)14-33-37-27)35-29-32-15-22(30)26(36-29)20-12-23(31)28-25(13-20)40(17(2)3)18(4)34-28/h6-7,12-15,17H,5,8-11,16H2,1-4H3,(H,33,37)(H,32,35,36). The maximum atomic E-state index is 15.2. The number of fused-ring (bicyclic) bond motifs is 2. The Balaban J connectivity index is 1.30. The van der Waals surface area contributed by atoms with Gasteiger partial charge in [0.2, 0.25) is 5.95 Å². The van der Waals surface area contributed by atoms with Crippen LogP contribution < -0.4 is 5.32 Å². The number of H-pyrrole nitrogens is 1. The fourth-order valence-corrected chi connectivity index (χ4v) is 5.85. The molecule has 4 heterocycles. The highest BCUT2D eigenvalue weighted by molar-refractivity contribution is 6.33. The molecule has 40 heavy (non-hydrogen) atoms. The summed E-state index contributed by atoms with van der Waals surface area (Å²) in [7, 11) is 0. The summed E-state index contributed by atoms with van der Waals surface area (Å²) in [4.78, 5) is 18.5. The highest BCUT2D eigenvalue weighted by atomic mass is 35.5. The van der Waals surface area contributed by atoms with E-state index in [-0.39, 0.29) is 6.04 Å². The molecule has 9 nitrogen and oxygen atoms in total. The first-order valence-electron chi connectivity index (χ1n) is 13.7. The fraction of sp³-hybridized carbons (Fsp3) is 0.379. The maximum Gasteiger partial charge on any atom is 0.227 e. The molecule has 0 aliphatic carbocycles. The van der Waals surface area contributed by atoms with E-state index < -0.39 is 5.82 Å². The van der Waals surface area contributed by atoms with Gasteiger partial charge in [0.1, 0.15) is 11.3 Å². The predicted octanol–water partition coefficient (Wildman–Crippen LogP) is 5.93. The third-order valence-electron chi connectivity index (χ3n) is 7.72. The smallest absolute Gasteiger partial charge is 0.227 e. The number of benzene rings is 2. The molecular weight excluding hydrogens is 529 g/mol. The molecule has 2 N–H and O–H groups in total. The number of nitrogens with one attached hydrogen (secondary N) is 2. The van der Waals surface area contributed by atoms with Crippen LogP contribution in [-0.2, 0) is 6.54 Å².